The Morgan fingerprint density at radius 1 is 0.921 bits per heavy atom. The molecule has 0 spiro atoms. The second-order valence-electron chi connectivity index (χ2n) is 9.66. The highest BCUT2D eigenvalue weighted by molar-refractivity contribution is 5.99. The molecule has 0 aliphatic rings. The highest BCUT2D eigenvalue weighted by Gasteiger charge is 2.21. The summed E-state index contributed by atoms with van der Waals surface area (Å²) >= 11 is 0. The monoisotopic (exact) mass is 508 g/mol. The molecule has 0 atom stereocenters. The van der Waals surface area contributed by atoms with Gasteiger partial charge in [-0.05, 0) is 56.0 Å². The number of nitrogens with one attached hydrogen (secondary N) is 1. The van der Waals surface area contributed by atoms with Crippen molar-refractivity contribution in [3.63, 3.8) is 0 Å². The predicted octanol–water partition coefficient (Wildman–Crippen LogP) is 6.60. The second-order valence-corrected chi connectivity index (χ2v) is 9.66. The molecule has 196 valence electrons. The average molecular weight is 509 g/mol. The largest absolute Gasteiger partial charge is 0.329 e. The molecule has 0 saturated heterocycles. The molecule has 3 aromatic carbocycles. The lowest BCUT2D eigenvalue weighted by atomic mass is 10.1. The van der Waals surface area contributed by atoms with Gasteiger partial charge in [0.25, 0.3) is 5.91 Å². The van der Waals surface area contributed by atoms with E-state index in [0.717, 1.165) is 47.3 Å². The summed E-state index contributed by atoms with van der Waals surface area (Å²) in [6.07, 6.45) is 2.67. The maximum absolute atomic E-state index is 13.3. The van der Waals surface area contributed by atoms with Crippen LogP contribution in [0.1, 0.15) is 53.7 Å². The summed E-state index contributed by atoms with van der Waals surface area (Å²) in [4.78, 5) is 28.3. The molecule has 0 aliphatic carbocycles. The van der Waals surface area contributed by atoms with Gasteiger partial charge in [0.1, 0.15) is 12.4 Å². The Bertz CT molecular complexity index is 1390. The van der Waals surface area contributed by atoms with Crippen molar-refractivity contribution in [1.29, 1.82) is 0 Å². The third-order valence-corrected chi connectivity index (χ3v) is 6.64. The molecule has 0 aliphatic heterocycles. The van der Waals surface area contributed by atoms with E-state index in [1.54, 1.807) is 9.58 Å². The van der Waals surface area contributed by atoms with Gasteiger partial charge in [-0.3, -0.25) is 9.59 Å². The number of aromatic nitrogens is 2. The summed E-state index contributed by atoms with van der Waals surface area (Å²) in [5.41, 5.74) is 6.59. The average Bonchev–Trinajstić information content (AvgIpc) is 3.34. The van der Waals surface area contributed by atoms with Crippen molar-refractivity contribution in [3.05, 3.63) is 101 Å². The van der Waals surface area contributed by atoms with Crippen LogP contribution in [0, 0.1) is 13.8 Å². The molecule has 4 aromatic rings. The summed E-state index contributed by atoms with van der Waals surface area (Å²) < 4.78 is 1.77. The molecule has 4 rings (SSSR count). The molecule has 0 unspecified atom stereocenters. The van der Waals surface area contributed by atoms with Gasteiger partial charge in [0.2, 0.25) is 5.91 Å². The molecule has 1 N–H and O–H groups in total. The molecule has 6 heteroatoms. The number of nitrogens with zero attached hydrogens (tertiary/aromatic N) is 3. The van der Waals surface area contributed by atoms with Crippen LogP contribution >= 0.6 is 0 Å². The Hall–Kier alpha value is -4.19. The van der Waals surface area contributed by atoms with Crippen LogP contribution in [0.4, 0.5) is 5.82 Å². The number of unbranched alkanes of at least 4 members (excludes halogenated alkanes) is 1. The van der Waals surface area contributed by atoms with E-state index in [-0.39, 0.29) is 18.4 Å². The zero-order valence-electron chi connectivity index (χ0n) is 22.7. The first-order valence-electron chi connectivity index (χ1n) is 13.3. The summed E-state index contributed by atoms with van der Waals surface area (Å²) in [6, 6.07) is 25.5. The molecule has 0 saturated carbocycles. The fourth-order valence-corrected chi connectivity index (χ4v) is 4.47. The Morgan fingerprint density at radius 3 is 2.32 bits per heavy atom. The van der Waals surface area contributed by atoms with Crippen LogP contribution in [-0.4, -0.2) is 39.6 Å². The Kier molecular flexibility index (Phi) is 8.74. The Labute approximate surface area is 225 Å². The van der Waals surface area contributed by atoms with Crippen molar-refractivity contribution in [3.8, 4) is 16.9 Å². The highest BCUT2D eigenvalue weighted by Crippen LogP contribution is 2.26. The molecule has 6 nitrogen and oxygen atoms in total. The summed E-state index contributed by atoms with van der Waals surface area (Å²) in [5, 5.41) is 7.88. The first-order chi connectivity index (χ1) is 18.4. The van der Waals surface area contributed by atoms with E-state index in [1.807, 2.05) is 79.7 Å². The van der Waals surface area contributed by atoms with Crippen molar-refractivity contribution < 1.29 is 9.59 Å². The molecule has 0 bridgehead atoms. The van der Waals surface area contributed by atoms with Crippen LogP contribution < -0.4 is 5.32 Å². The molecular formula is C32H36N4O2. The first-order valence-corrected chi connectivity index (χ1v) is 13.3. The third-order valence-electron chi connectivity index (χ3n) is 6.64. The van der Waals surface area contributed by atoms with Crippen LogP contribution in [0.5, 0.6) is 0 Å². The molecule has 0 radical (unpaired) electrons. The van der Waals surface area contributed by atoms with Gasteiger partial charge in [-0.25, -0.2) is 4.68 Å². The van der Waals surface area contributed by atoms with Gasteiger partial charge in [0.15, 0.2) is 0 Å². The lowest BCUT2D eigenvalue weighted by Crippen LogP contribution is -2.39. The molecule has 2 amide bonds. The summed E-state index contributed by atoms with van der Waals surface area (Å²) in [6.45, 7) is 8.73. The molecule has 1 aromatic heterocycles. The van der Waals surface area contributed by atoms with Crippen LogP contribution in [-0.2, 0) is 11.2 Å². The number of amides is 2. The number of hydrogen-bond acceptors (Lipinski definition) is 3. The van der Waals surface area contributed by atoms with Crippen molar-refractivity contribution >= 4 is 17.6 Å². The fraction of sp³-hybridized carbons (Fsp3) is 0.281. The number of benzene rings is 3. The van der Waals surface area contributed by atoms with E-state index in [9.17, 15) is 9.59 Å². The van der Waals surface area contributed by atoms with E-state index in [1.165, 1.54) is 5.56 Å². The Balaban J connectivity index is 1.61. The fourth-order valence-electron chi connectivity index (χ4n) is 4.47. The van der Waals surface area contributed by atoms with Crippen molar-refractivity contribution in [1.82, 2.24) is 14.7 Å². The maximum Gasteiger partial charge on any atom is 0.254 e. The minimum Gasteiger partial charge on any atom is -0.329 e. The minimum absolute atomic E-state index is 0.0346. The smallest absolute Gasteiger partial charge is 0.254 e. The summed E-state index contributed by atoms with van der Waals surface area (Å²) in [5.74, 6) is 0.172. The van der Waals surface area contributed by atoms with Crippen molar-refractivity contribution in [2.75, 3.05) is 18.4 Å². The number of aryl methyl sites for hydroxylation is 3. The molecule has 38 heavy (non-hydrogen) atoms. The van der Waals surface area contributed by atoms with Gasteiger partial charge in [-0.1, -0.05) is 80.4 Å². The summed E-state index contributed by atoms with van der Waals surface area (Å²) in [7, 11) is 0. The lowest BCUT2D eigenvalue weighted by Gasteiger charge is -2.22. The standard InChI is InChI=1S/C32H36N4O2/c1-5-7-19-35(32(38)27-16-14-25(6-2)15-17-27)22-31(37)33-30-21-28(26-11-9-8-10-12-26)34-36(30)29-18-13-23(3)20-24(29)4/h8-18,20-21H,5-7,19,22H2,1-4H3,(H,33,37). The van der Waals surface area contributed by atoms with Gasteiger partial charge in [0, 0.05) is 23.7 Å². The van der Waals surface area contributed by atoms with E-state index < -0.39 is 0 Å². The topological polar surface area (TPSA) is 67.2 Å². The quantitative estimate of drug-likeness (QED) is 0.262. The van der Waals surface area contributed by atoms with Crippen molar-refractivity contribution in [2.45, 2.75) is 47.0 Å². The highest BCUT2D eigenvalue weighted by atomic mass is 16.2. The van der Waals surface area contributed by atoms with Gasteiger partial charge < -0.3 is 10.2 Å². The predicted molar refractivity (Wildman–Crippen MR) is 154 cm³/mol. The maximum atomic E-state index is 13.3. The minimum atomic E-state index is -0.259. The number of carbonyl (C=O) groups excluding carboxylic acids is 2. The third kappa shape index (κ3) is 6.38. The van der Waals surface area contributed by atoms with Gasteiger partial charge in [-0.2, -0.15) is 5.10 Å². The van der Waals surface area contributed by atoms with Crippen LogP contribution in [0.25, 0.3) is 16.9 Å². The van der Waals surface area contributed by atoms with Gasteiger partial charge in [0.05, 0.1) is 11.4 Å². The molecule has 1 heterocycles. The number of hydrogen-bond donors (Lipinski definition) is 1. The zero-order chi connectivity index (χ0) is 27.1. The number of carbonyl (C=O) groups is 2. The van der Waals surface area contributed by atoms with E-state index in [4.69, 9.17) is 5.10 Å². The lowest BCUT2D eigenvalue weighted by molar-refractivity contribution is -0.117. The SMILES string of the molecule is CCCCN(CC(=O)Nc1cc(-c2ccccc2)nn1-c1ccc(C)cc1C)C(=O)c1ccc(CC)cc1. The molecular weight excluding hydrogens is 472 g/mol. The normalized spacial score (nSPS) is 10.8. The zero-order valence-corrected chi connectivity index (χ0v) is 22.7. The molecule has 0 fully saturated rings. The van der Waals surface area contributed by atoms with Crippen LogP contribution in [0.15, 0.2) is 78.9 Å². The van der Waals surface area contributed by atoms with E-state index in [0.29, 0.717) is 17.9 Å². The number of rotatable bonds is 10. The van der Waals surface area contributed by atoms with E-state index in [2.05, 4.69) is 32.2 Å². The van der Waals surface area contributed by atoms with Crippen LogP contribution in [0.3, 0.4) is 0 Å². The Morgan fingerprint density at radius 2 is 1.66 bits per heavy atom. The van der Waals surface area contributed by atoms with E-state index >= 15 is 0 Å². The van der Waals surface area contributed by atoms with Crippen molar-refractivity contribution in [2.24, 2.45) is 0 Å². The van der Waals surface area contributed by atoms with Gasteiger partial charge >= 0.3 is 0 Å². The second kappa shape index (κ2) is 12.4. The van der Waals surface area contributed by atoms with Crippen LogP contribution in [0.2, 0.25) is 0 Å². The van der Waals surface area contributed by atoms with Gasteiger partial charge in [-0.15, -0.1) is 0 Å². The first kappa shape index (κ1) is 26.9. The number of anilines is 1.